The lowest BCUT2D eigenvalue weighted by molar-refractivity contribution is -0.138. The van der Waals surface area contributed by atoms with Crippen LogP contribution in [0, 0.1) is 0 Å². The Morgan fingerprint density at radius 3 is 2.92 bits per heavy atom. The van der Waals surface area contributed by atoms with E-state index in [0.717, 1.165) is 11.5 Å². The van der Waals surface area contributed by atoms with Crippen LogP contribution in [0.4, 0.5) is 5.13 Å². The number of anilines is 1. The van der Waals surface area contributed by atoms with Crippen molar-refractivity contribution in [2.45, 2.75) is 0 Å². The van der Waals surface area contributed by atoms with Crippen molar-refractivity contribution < 1.29 is 14.3 Å². The predicted molar refractivity (Wildman–Crippen MR) is 47.0 cm³/mol. The fourth-order valence-corrected chi connectivity index (χ4v) is 1.12. The van der Waals surface area contributed by atoms with Gasteiger partial charge in [-0.05, 0) is 0 Å². The number of carbonyl (C=O) groups is 1. The van der Waals surface area contributed by atoms with E-state index in [4.69, 9.17) is 4.74 Å². The first-order valence-corrected chi connectivity index (χ1v) is 4.22. The minimum atomic E-state index is -0.353. The third-order valence-corrected chi connectivity index (χ3v) is 1.86. The molecule has 0 aliphatic carbocycles. The lowest BCUT2D eigenvalue weighted by Crippen LogP contribution is -2.14. The zero-order chi connectivity index (χ0) is 9.68. The Labute approximate surface area is 79.1 Å². The quantitative estimate of drug-likeness (QED) is 0.701. The van der Waals surface area contributed by atoms with Gasteiger partial charge in [0, 0.05) is 11.5 Å². The topological polar surface area (TPSA) is 73.3 Å². The molecule has 0 aromatic carbocycles. The molecule has 6 nitrogen and oxygen atoms in total. The summed E-state index contributed by atoms with van der Waals surface area (Å²) < 4.78 is 13.0. The van der Waals surface area contributed by atoms with Crippen molar-refractivity contribution in [3.8, 4) is 6.01 Å². The summed E-state index contributed by atoms with van der Waals surface area (Å²) in [5.74, 6) is -0.353. The van der Waals surface area contributed by atoms with Crippen LogP contribution in [-0.2, 0) is 9.53 Å². The molecular weight excluding hydrogens is 194 g/mol. The Bertz CT molecular complexity index is 288. The first-order chi connectivity index (χ1) is 6.26. The molecule has 0 aliphatic rings. The van der Waals surface area contributed by atoms with E-state index in [-0.39, 0.29) is 18.5 Å². The number of hydrogen-bond acceptors (Lipinski definition) is 7. The van der Waals surface area contributed by atoms with Crippen molar-refractivity contribution in [3.05, 3.63) is 0 Å². The highest BCUT2D eigenvalue weighted by molar-refractivity contribution is 7.09. The molecule has 1 aromatic heterocycles. The van der Waals surface area contributed by atoms with Crippen LogP contribution in [0.1, 0.15) is 0 Å². The van der Waals surface area contributed by atoms with Crippen molar-refractivity contribution in [2.75, 3.05) is 26.1 Å². The number of esters is 1. The number of ether oxygens (including phenoxy) is 2. The minimum Gasteiger partial charge on any atom is -0.468 e. The van der Waals surface area contributed by atoms with Crippen LogP contribution in [0.25, 0.3) is 0 Å². The van der Waals surface area contributed by atoms with Crippen LogP contribution < -0.4 is 10.1 Å². The van der Waals surface area contributed by atoms with Gasteiger partial charge in [0.25, 0.3) is 0 Å². The number of nitrogens with zero attached hydrogens (tertiary/aromatic N) is 2. The molecule has 0 saturated heterocycles. The van der Waals surface area contributed by atoms with Gasteiger partial charge in [0.2, 0.25) is 5.13 Å². The molecule has 1 aromatic rings. The standard InChI is InChI=1S/C6H9N3O3S/c1-11-4(10)3-7-6-8-5(12-2)9-13-6/h3H2,1-2H3,(H,7,8,9). The molecule has 0 spiro atoms. The van der Waals surface area contributed by atoms with Gasteiger partial charge in [-0.1, -0.05) is 0 Å². The summed E-state index contributed by atoms with van der Waals surface area (Å²) in [6.45, 7) is 0.0782. The summed E-state index contributed by atoms with van der Waals surface area (Å²) >= 11 is 1.12. The molecule has 0 atom stereocenters. The molecule has 0 unspecified atom stereocenters. The first kappa shape index (κ1) is 9.72. The summed E-state index contributed by atoms with van der Waals surface area (Å²) in [5, 5.41) is 3.27. The van der Waals surface area contributed by atoms with E-state index in [1.165, 1.54) is 14.2 Å². The molecule has 7 heteroatoms. The lowest BCUT2D eigenvalue weighted by atomic mass is 10.6. The minimum absolute atomic E-state index is 0.0782. The molecule has 1 N–H and O–H groups in total. The van der Waals surface area contributed by atoms with Crippen LogP contribution in [0.5, 0.6) is 6.01 Å². The van der Waals surface area contributed by atoms with Crippen LogP contribution >= 0.6 is 11.5 Å². The van der Waals surface area contributed by atoms with Crippen molar-refractivity contribution in [3.63, 3.8) is 0 Å². The third kappa shape index (κ3) is 2.86. The summed E-state index contributed by atoms with van der Waals surface area (Å²) in [5.41, 5.74) is 0. The van der Waals surface area contributed by atoms with Crippen molar-refractivity contribution in [1.82, 2.24) is 9.36 Å². The van der Waals surface area contributed by atoms with Crippen LogP contribution in [-0.4, -0.2) is 36.1 Å². The maximum absolute atomic E-state index is 10.7. The Morgan fingerprint density at radius 1 is 1.62 bits per heavy atom. The molecule has 1 rings (SSSR count). The summed E-state index contributed by atoms with van der Waals surface area (Å²) in [6.07, 6.45) is 0. The van der Waals surface area contributed by atoms with Crippen LogP contribution in [0.3, 0.4) is 0 Å². The molecule has 0 radical (unpaired) electrons. The lowest BCUT2D eigenvalue weighted by Gasteiger charge is -1.98. The second-order valence-corrected chi connectivity index (χ2v) is 2.77. The molecule has 13 heavy (non-hydrogen) atoms. The van der Waals surface area contributed by atoms with Gasteiger partial charge in [0.15, 0.2) is 0 Å². The summed E-state index contributed by atoms with van der Waals surface area (Å²) in [4.78, 5) is 14.6. The highest BCUT2D eigenvalue weighted by atomic mass is 32.1. The highest BCUT2D eigenvalue weighted by Crippen LogP contribution is 2.14. The SMILES string of the molecule is COC(=O)CNc1nc(OC)ns1. The molecule has 0 aliphatic heterocycles. The average Bonchev–Trinajstić information content (AvgIpc) is 2.61. The molecule has 0 saturated carbocycles. The fraction of sp³-hybridized carbons (Fsp3) is 0.500. The second kappa shape index (κ2) is 4.61. The van der Waals surface area contributed by atoms with E-state index >= 15 is 0 Å². The monoisotopic (exact) mass is 203 g/mol. The predicted octanol–water partition coefficient (Wildman–Crippen LogP) is 0.132. The first-order valence-electron chi connectivity index (χ1n) is 3.44. The van der Waals surface area contributed by atoms with E-state index in [9.17, 15) is 4.79 Å². The number of nitrogens with one attached hydrogen (secondary N) is 1. The normalized spacial score (nSPS) is 9.38. The molecule has 0 bridgehead atoms. The van der Waals surface area contributed by atoms with E-state index in [1.807, 2.05) is 0 Å². The van der Waals surface area contributed by atoms with E-state index in [2.05, 4.69) is 19.4 Å². The van der Waals surface area contributed by atoms with Gasteiger partial charge in [0.1, 0.15) is 6.54 Å². The summed E-state index contributed by atoms with van der Waals surface area (Å²) in [6, 6.07) is 0.289. The van der Waals surface area contributed by atoms with E-state index in [0.29, 0.717) is 5.13 Å². The van der Waals surface area contributed by atoms with Gasteiger partial charge >= 0.3 is 12.0 Å². The Morgan fingerprint density at radius 2 is 2.38 bits per heavy atom. The smallest absolute Gasteiger partial charge is 0.329 e. The van der Waals surface area contributed by atoms with Gasteiger partial charge < -0.3 is 14.8 Å². The molecule has 1 heterocycles. The van der Waals surface area contributed by atoms with Crippen molar-refractivity contribution in [2.24, 2.45) is 0 Å². The number of aromatic nitrogens is 2. The van der Waals surface area contributed by atoms with Crippen LogP contribution in [0.15, 0.2) is 0 Å². The molecule has 72 valence electrons. The van der Waals surface area contributed by atoms with Crippen LogP contribution in [0.2, 0.25) is 0 Å². The average molecular weight is 203 g/mol. The number of carbonyl (C=O) groups excluding carboxylic acids is 1. The van der Waals surface area contributed by atoms with Gasteiger partial charge in [0.05, 0.1) is 14.2 Å². The maximum atomic E-state index is 10.7. The van der Waals surface area contributed by atoms with Gasteiger partial charge in [-0.25, -0.2) is 0 Å². The molecule has 0 fully saturated rings. The van der Waals surface area contributed by atoms with Gasteiger partial charge in [-0.2, -0.15) is 4.98 Å². The zero-order valence-corrected chi connectivity index (χ0v) is 8.05. The maximum Gasteiger partial charge on any atom is 0.329 e. The van der Waals surface area contributed by atoms with Gasteiger partial charge in [-0.15, -0.1) is 4.37 Å². The highest BCUT2D eigenvalue weighted by Gasteiger charge is 2.05. The number of methoxy groups -OCH3 is 2. The number of rotatable bonds is 4. The Balaban J connectivity index is 2.41. The van der Waals surface area contributed by atoms with E-state index in [1.54, 1.807) is 0 Å². The summed E-state index contributed by atoms with van der Waals surface area (Å²) in [7, 11) is 2.80. The van der Waals surface area contributed by atoms with Gasteiger partial charge in [-0.3, -0.25) is 4.79 Å². The Kier molecular flexibility index (Phi) is 3.44. The third-order valence-electron chi connectivity index (χ3n) is 1.20. The number of hydrogen-bond donors (Lipinski definition) is 1. The van der Waals surface area contributed by atoms with Crippen molar-refractivity contribution in [1.29, 1.82) is 0 Å². The Hall–Kier alpha value is -1.37. The van der Waals surface area contributed by atoms with E-state index < -0.39 is 0 Å². The second-order valence-electron chi connectivity index (χ2n) is 2.02. The zero-order valence-electron chi connectivity index (χ0n) is 7.23. The molecular formula is C6H9N3O3S. The largest absolute Gasteiger partial charge is 0.468 e. The van der Waals surface area contributed by atoms with Crippen molar-refractivity contribution >= 4 is 22.6 Å². The molecule has 0 amide bonds. The fourth-order valence-electron chi connectivity index (χ4n) is 0.585.